The molecule has 22 heavy (non-hydrogen) atoms. The summed E-state index contributed by atoms with van der Waals surface area (Å²) < 4.78 is 4.21. The third kappa shape index (κ3) is 2.86. The molecule has 0 aliphatic carbocycles. The van der Waals surface area contributed by atoms with Crippen molar-refractivity contribution in [3.8, 4) is 11.4 Å². The van der Waals surface area contributed by atoms with Crippen molar-refractivity contribution in [1.29, 1.82) is 0 Å². The molecule has 1 unspecified atom stereocenters. The Balaban J connectivity index is 1.77. The molecule has 0 bridgehead atoms. The molecule has 1 amide bonds. The fraction of sp³-hybridized carbons (Fsp3) is 0.357. The summed E-state index contributed by atoms with van der Waals surface area (Å²) in [5.74, 6) is -0.329. The maximum absolute atomic E-state index is 12.4. The molecule has 3 rings (SSSR count). The van der Waals surface area contributed by atoms with Crippen molar-refractivity contribution in [2.45, 2.75) is 18.3 Å². The number of carbonyl (C=O) groups is 1. The smallest absolute Gasteiger partial charge is 0.265 e. The maximum Gasteiger partial charge on any atom is 0.265 e. The van der Waals surface area contributed by atoms with E-state index in [1.807, 2.05) is 6.07 Å². The van der Waals surface area contributed by atoms with Gasteiger partial charge in [0.25, 0.3) is 5.91 Å². The van der Waals surface area contributed by atoms with Gasteiger partial charge in [-0.15, -0.1) is 0 Å². The van der Waals surface area contributed by atoms with Gasteiger partial charge < -0.3 is 20.2 Å². The van der Waals surface area contributed by atoms with Gasteiger partial charge in [0.15, 0.2) is 0 Å². The molecule has 3 heterocycles. The number of aliphatic hydroxyl groups is 3. The number of nitrogens with zero attached hydrogens (tertiary/aromatic N) is 3. The molecule has 7 nitrogen and oxygen atoms in total. The number of piperidine rings is 1. The van der Waals surface area contributed by atoms with Crippen LogP contribution < -0.4 is 0 Å². The fourth-order valence-corrected chi connectivity index (χ4v) is 3.05. The SMILES string of the molecule is O=C(c1cc(-c2ccccn2)ns1)N1C[C@@H](O)C(O)[C@@H](O)C1. The summed E-state index contributed by atoms with van der Waals surface area (Å²) in [5, 5.41) is 28.9. The summed E-state index contributed by atoms with van der Waals surface area (Å²) in [7, 11) is 0. The van der Waals surface area contributed by atoms with Gasteiger partial charge in [0.1, 0.15) is 28.9 Å². The highest BCUT2D eigenvalue weighted by atomic mass is 32.1. The van der Waals surface area contributed by atoms with Crippen LogP contribution in [0.5, 0.6) is 0 Å². The molecule has 3 N–H and O–H groups in total. The van der Waals surface area contributed by atoms with E-state index in [1.165, 1.54) is 4.90 Å². The number of hydrogen-bond acceptors (Lipinski definition) is 7. The molecular formula is C14H15N3O4S. The molecule has 0 radical (unpaired) electrons. The topological polar surface area (TPSA) is 107 Å². The van der Waals surface area contributed by atoms with Crippen LogP contribution in [0.4, 0.5) is 0 Å². The Morgan fingerprint density at radius 3 is 2.55 bits per heavy atom. The van der Waals surface area contributed by atoms with Gasteiger partial charge in [-0.1, -0.05) is 6.07 Å². The van der Waals surface area contributed by atoms with E-state index in [0.29, 0.717) is 16.3 Å². The van der Waals surface area contributed by atoms with Crippen LogP contribution in [0.1, 0.15) is 9.67 Å². The van der Waals surface area contributed by atoms with Gasteiger partial charge in [-0.3, -0.25) is 9.78 Å². The van der Waals surface area contributed by atoms with E-state index in [2.05, 4.69) is 9.36 Å². The summed E-state index contributed by atoms with van der Waals surface area (Å²) in [4.78, 5) is 18.3. The molecule has 2 aromatic rings. The largest absolute Gasteiger partial charge is 0.388 e. The zero-order valence-corrected chi connectivity index (χ0v) is 12.3. The molecule has 0 saturated carbocycles. The highest BCUT2D eigenvalue weighted by Crippen LogP contribution is 2.22. The molecule has 2 aromatic heterocycles. The average molecular weight is 321 g/mol. The van der Waals surface area contributed by atoms with Crippen LogP contribution in [-0.2, 0) is 0 Å². The summed E-state index contributed by atoms with van der Waals surface area (Å²) in [6, 6.07) is 7.07. The number of amides is 1. The van der Waals surface area contributed by atoms with E-state index >= 15 is 0 Å². The molecule has 0 spiro atoms. The molecular weight excluding hydrogens is 306 g/mol. The highest BCUT2D eigenvalue weighted by Gasteiger charge is 2.36. The lowest BCUT2D eigenvalue weighted by molar-refractivity contribution is -0.101. The maximum atomic E-state index is 12.4. The van der Waals surface area contributed by atoms with Gasteiger partial charge >= 0.3 is 0 Å². The Hall–Kier alpha value is -1.87. The number of carbonyl (C=O) groups excluding carboxylic acids is 1. The first kappa shape index (κ1) is 15.0. The second-order valence-electron chi connectivity index (χ2n) is 5.13. The van der Waals surface area contributed by atoms with Gasteiger partial charge in [0.05, 0.1) is 5.69 Å². The van der Waals surface area contributed by atoms with E-state index in [0.717, 1.165) is 11.5 Å². The minimum absolute atomic E-state index is 0.0200. The highest BCUT2D eigenvalue weighted by molar-refractivity contribution is 7.08. The Kier molecular flexibility index (Phi) is 4.16. The predicted octanol–water partition coefficient (Wildman–Crippen LogP) is -0.256. The third-order valence-corrected chi connectivity index (χ3v) is 4.32. The van der Waals surface area contributed by atoms with Gasteiger partial charge in [0, 0.05) is 19.3 Å². The molecule has 1 aliphatic heterocycles. The van der Waals surface area contributed by atoms with E-state index in [9.17, 15) is 20.1 Å². The molecule has 1 aliphatic rings. The van der Waals surface area contributed by atoms with Gasteiger partial charge in [-0.25, -0.2) is 0 Å². The number of hydrogen-bond donors (Lipinski definition) is 3. The van der Waals surface area contributed by atoms with Crippen LogP contribution in [0.2, 0.25) is 0 Å². The number of rotatable bonds is 2. The zero-order chi connectivity index (χ0) is 15.7. The van der Waals surface area contributed by atoms with E-state index < -0.39 is 18.3 Å². The monoisotopic (exact) mass is 321 g/mol. The number of aliphatic hydroxyl groups excluding tert-OH is 3. The number of aromatic nitrogens is 2. The quantitative estimate of drug-likeness (QED) is 0.704. The second kappa shape index (κ2) is 6.09. The molecule has 3 atom stereocenters. The zero-order valence-electron chi connectivity index (χ0n) is 11.5. The summed E-state index contributed by atoms with van der Waals surface area (Å²) in [5.41, 5.74) is 1.28. The minimum Gasteiger partial charge on any atom is -0.388 e. The van der Waals surface area contributed by atoms with Crippen LogP contribution in [-0.4, -0.2) is 66.9 Å². The van der Waals surface area contributed by atoms with Gasteiger partial charge in [0.2, 0.25) is 0 Å². The molecule has 1 fully saturated rings. The first-order chi connectivity index (χ1) is 10.6. The first-order valence-corrected chi connectivity index (χ1v) is 7.55. The van der Waals surface area contributed by atoms with Crippen molar-refractivity contribution in [3.63, 3.8) is 0 Å². The summed E-state index contributed by atoms with van der Waals surface area (Å²) >= 11 is 1.04. The lowest BCUT2D eigenvalue weighted by Crippen LogP contribution is -2.56. The molecule has 8 heteroatoms. The van der Waals surface area contributed by atoms with Crippen molar-refractivity contribution >= 4 is 17.4 Å². The number of β-amino-alcohol motifs (C(OH)–C–C–N with tert-alkyl or cyclic N) is 2. The van der Waals surface area contributed by atoms with Crippen LogP contribution in [0.15, 0.2) is 30.5 Å². The summed E-state index contributed by atoms with van der Waals surface area (Å²) in [6.45, 7) is -0.0399. The van der Waals surface area contributed by atoms with Crippen LogP contribution >= 0.6 is 11.5 Å². The number of likely N-dealkylation sites (tertiary alicyclic amines) is 1. The van der Waals surface area contributed by atoms with Gasteiger partial charge in [-0.05, 0) is 29.7 Å². The van der Waals surface area contributed by atoms with Crippen LogP contribution in [0.25, 0.3) is 11.4 Å². The predicted molar refractivity (Wildman–Crippen MR) is 79.3 cm³/mol. The van der Waals surface area contributed by atoms with Crippen LogP contribution in [0, 0.1) is 0 Å². The second-order valence-corrected chi connectivity index (χ2v) is 5.93. The van der Waals surface area contributed by atoms with Crippen molar-refractivity contribution in [2.75, 3.05) is 13.1 Å². The van der Waals surface area contributed by atoms with Gasteiger partial charge in [-0.2, -0.15) is 4.37 Å². The minimum atomic E-state index is -1.23. The van der Waals surface area contributed by atoms with E-state index in [1.54, 1.807) is 24.4 Å². The lowest BCUT2D eigenvalue weighted by atomic mass is 10.0. The first-order valence-electron chi connectivity index (χ1n) is 6.78. The summed E-state index contributed by atoms with van der Waals surface area (Å²) in [6.07, 6.45) is -1.89. The molecule has 1 saturated heterocycles. The van der Waals surface area contributed by atoms with E-state index in [4.69, 9.17) is 0 Å². The normalized spacial score (nSPS) is 25.2. The Labute approximate surface area is 130 Å². The van der Waals surface area contributed by atoms with E-state index in [-0.39, 0.29) is 19.0 Å². The average Bonchev–Trinajstić information content (AvgIpc) is 3.02. The lowest BCUT2D eigenvalue weighted by Gasteiger charge is -2.36. The standard InChI is InChI=1S/C14H15N3O4S/c18-10-6-17(7-11(19)13(10)20)14(21)12-5-9(16-22-12)8-3-1-2-4-15-8/h1-5,10-11,13,18-20H,6-7H2/t10-,11+,13?. The number of pyridine rings is 1. The van der Waals surface area contributed by atoms with Crippen LogP contribution in [0.3, 0.4) is 0 Å². The molecule has 116 valence electrons. The van der Waals surface area contributed by atoms with Crippen molar-refractivity contribution < 1.29 is 20.1 Å². The fourth-order valence-electron chi connectivity index (χ4n) is 2.33. The van der Waals surface area contributed by atoms with Crippen molar-refractivity contribution in [3.05, 3.63) is 35.3 Å². The molecule has 0 aromatic carbocycles. The van der Waals surface area contributed by atoms with Crippen molar-refractivity contribution in [2.24, 2.45) is 0 Å². The third-order valence-electron chi connectivity index (χ3n) is 3.54. The Morgan fingerprint density at radius 1 is 1.18 bits per heavy atom. The Bertz CT molecular complexity index is 651. The van der Waals surface area contributed by atoms with Crippen molar-refractivity contribution in [1.82, 2.24) is 14.3 Å². The Morgan fingerprint density at radius 2 is 1.91 bits per heavy atom.